The van der Waals surface area contributed by atoms with Crippen molar-refractivity contribution in [3.8, 4) is 0 Å². The van der Waals surface area contributed by atoms with E-state index in [0.717, 1.165) is 11.3 Å². The van der Waals surface area contributed by atoms with Gasteiger partial charge in [-0.1, -0.05) is 17.7 Å². The van der Waals surface area contributed by atoms with Crippen molar-refractivity contribution in [3.05, 3.63) is 59.9 Å². The second kappa shape index (κ2) is 7.99. The third-order valence-electron chi connectivity index (χ3n) is 4.28. The number of benzene rings is 2. The maximum absolute atomic E-state index is 12.8. The summed E-state index contributed by atoms with van der Waals surface area (Å²) < 4.78 is 17.9. The molecule has 0 radical (unpaired) electrons. The van der Waals surface area contributed by atoms with Gasteiger partial charge in [0, 0.05) is 24.3 Å². The first-order chi connectivity index (χ1) is 12.9. The summed E-state index contributed by atoms with van der Waals surface area (Å²) in [4.78, 5) is 37.8. The Morgan fingerprint density at radius 3 is 2.48 bits per heavy atom. The molecule has 0 aliphatic carbocycles. The maximum Gasteiger partial charge on any atom is 0.311 e. The van der Waals surface area contributed by atoms with Crippen molar-refractivity contribution in [2.45, 2.75) is 13.3 Å². The van der Waals surface area contributed by atoms with Gasteiger partial charge in [0.05, 0.1) is 5.92 Å². The van der Waals surface area contributed by atoms with Crippen molar-refractivity contribution in [2.24, 2.45) is 5.92 Å². The van der Waals surface area contributed by atoms with Crippen LogP contribution in [0.1, 0.15) is 12.0 Å². The van der Waals surface area contributed by atoms with Crippen LogP contribution in [0.2, 0.25) is 0 Å². The smallest absolute Gasteiger partial charge is 0.311 e. The summed E-state index contributed by atoms with van der Waals surface area (Å²) in [5.74, 6) is -2.31. The van der Waals surface area contributed by atoms with E-state index in [-0.39, 0.29) is 18.9 Å². The Hall–Kier alpha value is -3.22. The van der Waals surface area contributed by atoms with E-state index in [9.17, 15) is 18.8 Å². The van der Waals surface area contributed by atoms with Gasteiger partial charge in [0.15, 0.2) is 6.61 Å². The molecule has 1 saturated heterocycles. The molecule has 1 fully saturated rings. The van der Waals surface area contributed by atoms with Gasteiger partial charge in [-0.3, -0.25) is 14.4 Å². The molecule has 1 aliphatic rings. The zero-order valence-electron chi connectivity index (χ0n) is 14.8. The van der Waals surface area contributed by atoms with Gasteiger partial charge >= 0.3 is 5.97 Å². The van der Waals surface area contributed by atoms with E-state index in [1.807, 2.05) is 31.2 Å². The topological polar surface area (TPSA) is 75.7 Å². The highest BCUT2D eigenvalue weighted by molar-refractivity contribution is 6.00. The Bertz CT molecular complexity index is 849. The number of carbonyl (C=O) groups excluding carboxylic acids is 3. The van der Waals surface area contributed by atoms with Crippen LogP contribution >= 0.6 is 0 Å². The SMILES string of the molecule is Cc1ccc(N2C[C@H](C(=O)OCC(=O)Nc3ccc(F)cc3)CC2=O)cc1. The molecular weight excluding hydrogens is 351 g/mol. The number of ether oxygens (including phenoxy) is 1. The lowest BCUT2D eigenvalue weighted by atomic mass is 10.1. The third kappa shape index (κ3) is 4.69. The van der Waals surface area contributed by atoms with Gasteiger partial charge < -0.3 is 15.0 Å². The van der Waals surface area contributed by atoms with Crippen LogP contribution < -0.4 is 10.2 Å². The van der Waals surface area contributed by atoms with Crippen molar-refractivity contribution in [1.82, 2.24) is 0 Å². The number of aryl methyl sites for hydroxylation is 1. The van der Waals surface area contributed by atoms with Crippen LogP contribution in [0.25, 0.3) is 0 Å². The van der Waals surface area contributed by atoms with Crippen molar-refractivity contribution in [2.75, 3.05) is 23.4 Å². The minimum atomic E-state index is -0.613. The molecule has 1 aliphatic heterocycles. The fraction of sp³-hybridized carbons (Fsp3) is 0.250. The van der Waals surface area contributed by atoms with E-state index in [1.165, 1.54) is 24.3 Å². The van der Waals surface area contributed by atoms with Crippen LogP contribution in [0.3, 0.4) is 0 Å². The molecule has 27 heavy (non-hydrogen) atoms. The largest absolute Gasteiger partial charge is 0.455 e. The molecule has 2 amide bonds. The molecule has 2 aromatic rings. The van der Waals surface area contributed by atoms with E-state index in [4.69, 9.17) is 4.74 Å². The highest BCUT2D eigenvalue weighted by Crippen LogP contribution is 2.26. The molecule has 0 saturated carbocycles. The Morgan fingerprint density at radius 2 is 1.81 bits per heavy atom. The molecule has 0 aromatic heterocycles. The van der Waals surface area contributed by atoms with Crippen LogP contribution in [0.4, 0.5) is 15.8 Å². The molecular formula is C20H19FN2O4. The first-order valence-corrected chi connectivity index (χ1v) is 8.51. The molecule has 2 aromatic carbocycles. The summed E-state index contributed by atoms with van der Waals surface area (Å²) in [6.07, 6.45) is 0.0479. The molecule has 1 N–H and O–H groups in total. The number of halogens is 1. The molecule has 1 heterocycles. The Morgan fingerprint density at radius 1 is 1.15 bits per heavy atom. The zero-order valence-corrected chi connectivity index (χ0v) is 14.8. The summed E-state index contributed by atoms with van der Waals surface area (Å²) in [7, 11) is 0. The van der Waals surface area contributed by atoms with Crippen molar-refractivity contribution in [3.63, 3.8) is 0 Å². The van der Waals surface area contributed by atoms with Gasteiger partial charge in [0.2, 0.25) is 5.91 Å². The lowest BCUT2D eigenvalue weighted by Gasteiger charge is -2.16. The number of esters is 1. The minimum absolute atomic E-state index is 0.0479. The zero-order chi connectivity index (χ0) is 19.4. The average Bonchev–Trinajstić information content (AvgIpc) is 3.04. The van der Waals surface area contributed by atoms with Gasteiger partial charge in [0.25, 0.3) is 5.91 Å². The van der Waals surface area contributed by atoms with Gasteiger partial charge in [-0.15, -0.1) is 0 Å². The number of hydrogen-bond acceptors (Lipinski definition) is 4. The van der Waals surface area contributed by atoms with E-state index < -0.39 is 30.2 Å². The molecule has 140 valence electrons. The molecule has 1 atom stereocenters. The fourth-order valence-electron chi connectivity index (χ4n) is 2.82. The number of hydrogen-bond donors (Lipinski definition) is 1. The molecule has 7 heteroatoms. The number of carbonyl (C=O) groups is 3. The van der Waals surface area contributed by atoms with Crippen molar-refractivity contribution < 1.29 is 23.5 Å². The molecule has 0 spiro atoms. The minimum Gasteiger partial charge on any atom is -0.455 e. The molecule has 0 unspecified atom stereocenters. The lowest BCUT2D eigenvalue weighted by Crippen LogP contribution is -2.28. The van der Waals surface area contributed by atoms with Crippen LogP contribution in [-0.4, -0.2) is 30.9 Å². The Kier molecular flexibility index (Phi) is 5.49. The maximum atomic E-state index is 12.8. The predicted octanol–water partition coefficient (Wildman–Crippen LogP) is 2.67. The monoisotopic (exact) mass is 370 g/mol. The summed E-state index contributed by atoms with van der Waals surface area (Å²) in [5, 5.41) is 2.50. The Labute approximate surface area is 155 Å². The second-order valence-electron chi connectivity index (χ2n) is 6.40. The second-order valence-corrected chi connectivity index (χ2v) is 6.40. The fourth-order valence-corrected chi connectivity index (χ4v) is 2.82. The highest BCUT2D eigenvalue weighted by atomic mass is 19.1. The van der Waals surface area contributed by atoms with Crippen LogP contribution in [0.15, 0.2) is 48.5 Å². The normalized spacial score (nSPS) is 16.3. The summed E-state index contributed by atoms with van der Waals surface area (Å²) in [6.45, 7) is 1.71. The predicted molar refractivity (Wildman–Crippen MR) is 97.6 cm³/mol. The summed E-state index contributed by atoms with van der Waals surface area (Å²) in [5.41, 5.74) is 2.21. The first kappa shape index (κ1) is 18.6. The highest BCUT2D eigenvalue weighted by Gasteiger charge is 2.36. The number of rotatable bonds is 5. The quantitative estimate of drug-likeness (QED) is 0.821. The first-order valence-electron chi connectivity index (χ1n) is 8.51. The molecule has 3 rings (SSSR count). The third-order valence-corrected chi connectivity index (χ3v) is 4.28. The van der Waals surface area contributed by atoms with Gasteiger partial charge in [-0.2, -0.15) is 0 Å². The van der Waals surface area contributed by atoms with Crippen molar-refractivity contribution >= 4 is 29.2 Å². The molecule has 6 nitrogen and oxygen atoms in total. The van der Waals surface area contributed by atoms with Crippen LogP contribution in [0, 0.1) is 18.7 Å². The average molecular weight is 370 g/mol. The van der Waals surface area contributed by atoms with Gasteiger partial charge in [-0.25, -0.2) is 4.39 Å². The summed E-state index contributed by atoms with van der Waals surface area (Å²) in [6, 6.07) is 12.7. The van der Waals surface area contributed by atoms with E-state index in [0.29, 0.717) is 5.69 Å². The van der Waals surface area contributed by atoms with Crippen LogP contribution in [0.5, 0.6) is 0 Å². The van der Waals surface area contributed by atoms with E-state index in [1.54, 1.807) is 4.90 Å². The number of amides is 2. The van der Waals surface area contributed by atoms with E-state index >= 15 is 0 Å². The van der Waals surface area contributed by atoms with E-state index in [2.05, 4.69) is 5.32 Å². The number of nitrogens with one attached hydrogen (secondary N) is 1. The Balaban J connectivity index is 1.51. The molecule has 0 bridgehead atoms. The number of nitrogens with zero attached hydrogens (tertiary/aromatic N) is 1. The number of anilines is 2. The standard InChI is InChI=1S/C20H19FN2O4/c1-13-2-8-17(9-3-13)23-11-14(10-19(23)25)20(26)27-12-18(24)22-16-6-4-15(21)5-7-16/h2-9,14H,10-12H2,1H3,(H,22,24)/t14-/m1/s1. The van der Waals surface area contributed by atoms with Crippen molar-refractivity contribution in [1.29, 1.82) is 0 Å². The summed E-state index contributed by atoms with van der Waals surface area (Å²) >= 11 is 0. The van der Waals surface area contributed by atoms with Gasteiger partial charge in [0.1, 0.15) is 5.82 Å². The van der Waals surface area contributed by atoms with Crippen LogP contribution in [-0.2, 0) is 19.1 Å². The lowest BCUT2D eigenvalue weighted by molar-refractivity contribution is -0.151. The van der Waals surface area contributed by atoms with Gasteiger partial charge in [-0.05, 0) is 43.3 Å².